The normalized spacial score (nSPS) is 12.5. The molecule has 0 aliphatic heterocycles. The Bertz CT molecular complexity index is 287. The van der Waals surface area contributed by atoms with Crippen molar-refractivity contribution >= 4 is 5.78 Å². The number of aliphatic hydroxyl groups excluding tert-OH is 1. The van der Waals surface area contributed by atoms with Crippen LogP contribution in [-0.2, 0) is 4.79 Å². The lowest BCUT2D eigenvalue weighted by molar-refractivity contribution is -0.118. The van der Waals surface area contributed by atoms with Crippen molar-refractivity contribution in [3.63, 3.8) is 0 Å². The summed E-state index contributed by atoms with van der Waals surface area (Å²) in [5.41, 5.74) is 1.96. The standard InChI is InChI=1S/C11H14O2/c1-8-3-5-10(6-4-8)11(13)7-9(2)12/h3-6,11,13H,7H2,1-2H3/t11-/m0/s1. The van der Waals surface area contributed by atoms with Crippen LogP contribution in [0.5, 0.6) is 0 Å². The van der Waals surface area contributed by atoms with Crippen molar-refractivity contribution in [2.24, 2.45) is 0 Å². The van der Waals surface area contributed by atoms with Crippen LogP contribution < -0.4 is 0 Å². The fourth-order valence-corrected chi connectivity index (χ4v) is 1.18. The van der Waals surface area contributed by atoms with Gasteiger partial charge in [-0.25, -0.2) is 0 Å². The topological polar surface area (TPSA) is 37.3 Å². The molecule has 0 aliphatic rings. The maximum atomic E-state index is 10.7. The molecule has 2 heteroatoms. The van der Waals surface area contributed by atoms with Gasteiger partial charge in [0.2, 0.25) is 0 Å². The Balaban J connectivity index is 2.71. The fraction of sp³-hybridized carbons (Fsp3) is 0.364. The minimum atomic E-state index is -0.655. The minimum Gasteiger partial charge on any atom is -0.388 e. The first kappa shape index (κ1) is 9.93. The Hall–Kier alpha value is -1.15. The predicted octanol–water partition coefficient (Wildman–Crippen LogP) is 2.01. The van der Waals surface area contributed by atoms with Gasteiger partial charge >= 0.3 is 0 Å². The summed E-state index contributed by atoms with van der Waals surface area (Å²) in [5.74, 6) is 0.00748. The lowest BCUT2D eigenvalue weighted by Gasteiger charge is -2.08. The zero-order valence-electron chi connectivity index (χ0n) is 7.95. The van der Waals surface area contributed by atoms with Crippen LogP contribution in [0.25, 0.3) is 0 Å². The first-order chi connectivity index (χ1) is 6.09. The third-order valence-electron chi connectivity index (χ3n) is 1.94. The van der Waals surface area contributed by atoms with Gasteiger partial charge in [0, 0.05) is 6.42 Å². The summed E-state index contributed by atoms with van der Waals surface area (Å²) in [4.78, 5) is 10.7. The first-order valence-corrected chi connectivity index (χ1v) is 4.33. The summed E-state index contributed by atoms with van der Waals surface area (Å²) in [6.45, 7) is 3.47. The Kier molecular flexibility index (Phi) is 3.20. The van der Waals surface area contributed by atoms with Crippen LogP contribution in [0.1, 0.15) is 30.6 Å². The van der Waals surface area contributed by atoms with E-state index in [1.165, 1.54) is 6.92 Å². The highest BCUT2D eigenvalue weighted by molar-refractivity contribution is 5.76. The maximum absolute atomic E-state index is 10.7. The van der Waals surface area contributed by atoms with Gasteiger partial charge in [0.15, 0.2) is 0 Å². The van der Waals surface area contributed by atoms with Gasteiger partial charge in [0.05, 0.1) is 6.10 Å². The van der Waals surface area contributed by atoms with Gasteiger partial charge in [-0.2, -0.15) is 0 Å². The lowest BCUT2D eigenvalue weighted by atomic mass is 10.0. The van der Waals surface area contributed by atoms with E-state index in [4.69, 9.17) is 0 Å². The van der Waals surface area contributed by atoms with Gasteiger partial charge in [0.25, 0.3) is 0 Å². The molecule has 0 radical (unpaired) electrons. The highest BCUT2D eigenvalue weighted by atomic mass is 16.3. The monoisotopic (exact) mass is 178 g/mol. The van der Waals surface area contributed by atoms with Gasteiger partial charge in [-0.15, -0.1) is 0 Å². The molecular formula is C11H14O2. The highest BCUT2D eigenvalue weighted by Crippen LogP contribution is 2.16. The largest absolute Gasteiger partial charge is 0.388 e. The van der Waals surface area contributed by atoms with Gasteiger partial charge in [-0.05, 0) is 19.4 Å². The van der Waals surface area contributed by atoms with Crippen LogP contribution >= 0.6 is 0 Å². The third-order valence-corrected chi connectivity index (χ3v) is 1.94. The number of rotatable bonds is 3. The number of benzene rings is 1. The van der Waals surface area contributed by atoms with E-state index in [0.717, 1.165) is 11.1 Å². The van der Waals surface area contributed by atoms with Crippen molar-refractivity contribution in [1.82, 2.24) is 0 Å². The van der Waals surface area contributed by atoms with Crippen LogP contribution in [0.4, 0.5) is 0 Å². The lowest BCUT2D eigenvalue weighted by Crippen LogP contribution is -2.02. The maximum Gasteiger partial charge on any atom is 0.132 e. The summed E-state index contributed by atoms with van der Waals surface area (Å²) >= 11 is 0. The van der Waals surface area contributed by atoms with E-state index in [9.17, 15) is 9.90 Å². The molecule has 0 heterocycles. The van der Waals surface area contributed by atoms with E-state index in [2.05, 4.69) is 0 Å². The van der Waals surface area contributed by atoms with E-state index in [-0.39, 0.29) is 12.2 Å². The predicted molar refractivity (Wildman–Crippen MR) is 51.4 cm³/mol. The molecule has 13 heavy (non-hydrogen) atoms. The van der Waals surface area contributed by atoms with Gasteiger partial charge in [0.1, 0.15) is 5.78 Å². The molecule has 0 aromatic heterocycles. The molecule has 0 saturated heterocycles. The van der Waals surface area contributed by atoms with Crippen molar-refractivity contribution in [3.8, 4) is 0 Å². The molecule has 1 rings (SSSR count). The van der Waals surface area contributed by atoms with Crippen molar-refractivity contribution in [1.29, 1.82) is 0 Å². The van der Waals surface area contributed by atoms with Crippen molar-refractivity contribution in [2.75, 3.05) is 0 Å². The van der Waals surface area contributed by atoms with Crippen LogP contribution in [0.15, 0.2) is 24.3 Å². The molecule has 0 saturated carbocycles. The molecule has 70 valence electrons. The second-order valence-corrected chi connectivity index (χ2v) is 3.33. The molecule has 2 nitrogen and oxygen atoms in total. The smallest absolute Gasteiger partial charge is 0.132 e. The van der Waals surface area contributed by atoms with Crippen LogP contribution in [0.3, 0.4) is 0 Å². The third kappa shape index (κ3) is 2.99. The molecule has 1 N–H and O–H groups in total. The van der Waals surface area contributed by atoms with E-state index in [1.807, 2.05) is 31.2 Å². The Morgan fingerprint density at radius 1 is 1.38 bits per heavy atom. The summed E-state index contributed by atoms with van der Waals surface area (Å²) in [7, 11) is 0. The number of carbonyl (C=O) groups excluding carboxylic acids is 1. The molecule has 0 fully saturated rings. The number of aliphatic hydroxyl groups is 1. The Morgan fingerprint density at radius 2 is 1.92 bits per heavy atom. The molecule has 1 atom stereocenters. The van der Waals surface area contributed by atoms with Crippen molar-refractivity contribution in [2.45, 2.75) is 26.4 Å². The second-order valence-electron chi connectivity index (χ2n) is 3.33. The summed E-state index contributed by atoms with van der Waals surface area (Å²) in [6.07, 6.45) is -0.457. The number of hydrogen-bond donors (Lipinski definition) is 1. The summed E-state index contributed by atoms with van der Waals surface area (Å²) in [6, 6.07) is 7.56. The Labute approximate surface area is 78.2 Å². The number of carbonyl (C=O) groups is 1. The summed E-state index contributed by atoms with van der Waals surface area (Å²) in [5, 5.41) is 9.56. The SMILES string of the molecule is CC(=O)C[C@H](O)c1ccc(C)cc1. The Morgan fingerprint density at radius 3 is 2.38 bits per heavy atom. The first-order valence-electron chi connectivity index (χ1n) is 4.33. The minimum absolute atomic E-state index is 0.00748. The van der Waals surface area contributed by atoms with Crippen LogP contribution in [-0.4, -0.2) is 10.9 Å². The average Bonchev–Trinajstić information content (AvgIpc) is 2.04. The zero-order chi connectivity index (χ0) is 9.84. The van der Waals surface area contributed by atoms with Gasteiger partial charge in [-0.3, -0.25) is 4.79 Å². The molecule has 0 aliphatic carbocycles. The molecule has 1 aromatic rings. The quantitative estimate of drug-likeness (QED) is 0.768. The fourth-order valence-electron chi connectivity index (χ4n) is 1.18. The van der Waals surface area contributed by atoms with Gasteiger partial charge < -0.3 is 5.11 Å². The molecular weight excluding hydrogens is 164 g/mol. The summed E-state index contributed by atoms with van der Waals surface area (Å²) < 4.78 is 0. The number of ketones is 1. The second kappa shape index (κ2) is 4.19. The molecule has 0 unspecified atom stereocenters. The van der Waals surface area contributed by atoms with Crippen molar-refractivity contribution in [3.05, 3.63) is 35.4 Å². The van der Waals surface area contributed by atoms with E-state index in [0.29, 0.717) is 0 Å². The molecule has 0 bridgehead atoms. The average molecular weight is 178 g/mol. The van der Waals surface area contributed by atoms with Crippen molar-refractivity contribution < 1.29 is 9.90 Å². The van der Waals surface area contributed by atoms with E-state index >= 15 is 0 Å². The van der Waals surface area contributed by atoms with Crippen LogP contribution in [0.2, 0.25) is 0 Å². The molecule has 1 aromatic carbocycles. The van der Waals surface area contributed by atoms with Crippen LogP contribution in [0, 0.1) is 6.92 Å². The number of hydrogen-bond acceptors (Lipinski definition) is 2. The molecule has 0 amide bonds. The van der Waals surface area contributed by atoms with Gasteiger partial charge in [-0.1, -0.05) is 29.8 Å². The van der Waals surface area contributed by atoms with E-state index in [1.54, 1.807) is 0 Å². The van der Waals surface area contributed by atoms with E-state index < -0.39 is 6.10 Å². The zero-order valence-corrected chi connectivity index (χ0v) is 7.95. The highest BCUT2D eigenvalue weighted by Gasteiger charge is 2.08. The number of aryl methyl sites for hydroxylation is 1. The molecule has 0 spiro atoms. The number of Topliss-reactive ketones (excluding diaryl/α,β-unsaturated/α-hetero) is 1.